The monoisotopic (exact) mass is 680 g/mol. The van der Waals surface area contributed by atoms with Crippen molar-refractivity contribution in [2.45, 2.75) is 95.3 Å². The molecule has 1 aromatic heterocycles. The van der Waals surface area contributed by atoms with Crippen molar-refractivity contribution in [1.82, 2.24) is 0 Å². The predicted molar refractivity (Wildman–Crippen MR) is 171 cm³/mol. The average molecular weight is 681 g/mol. The van der Waals surface area contributed by atoms with E-state index in [-0.39, 0.29) is 18.6 Å². The van der Waals surface area contributed by atoms with Crippen LogP contribution in [0.25, 0.3) is 10.1 Å². The van der Waals surface area contributed by atoms with Crippen molar-refractivity contribution in [3.8, 4) is 0 Å². The van der Waals surface area contributed by atoms with Gasteiger partial charge in [-0.05, 0) is 38.2 Å². The molecule has 13 heteroatoms. The zero-order chi connectivity index (χ0) is 33.8. The summed E-state index contributed by atoms with van der Waals surface area (Å²) < 4.78 is 12.5. The second-order valence-electron chi connectivity index (χ2n) is 12.4. The number of aliphatic hydroxyl groups excluding tert-OH is 4. The van der Waals surface area contributed by atoms with Gasteiger partial charge in [-0.25, -0.2) is 4.79 Å². The number of allylic oxidation sites excluding steroid dienone is 2. The number of Topliss-reactive ketones (excluding diaryl/α,β-unsaturated/α-hetero) is 1. The molecule has 1 saturated heterocycles. The van der Waals surface area contributed by atoms with E-state index in [0.29, 0.717) is 30.7 Å². The lowest BCUT2D eigenvalue weighted by atomic mass is 9.86. The Morgan fingerprint density at radius 1 is 1.11 bits per heavy atom. The highest BCUT2D eigenvalue weighted by Gasteiger charge is 2.57. The van der Waals surface area contributed by atoms with Crippen LogP contribution in [-0.2, 0) is 30.3 Å². The number of benzene rings is 1. The van der Waals surface area contributed by atoms with Crippen LogP contribution in [0.4, 0.5) is 0 Å². The minimum absolute atomic E-state index is 0.0210. The summed E-state index contributed by atoms with van der Waals surface area (Å²) in [4.78, 5) is 37.2. The Bertz CT molecular complexity index is 1450. The molecule has 4 rings (SSSR count). The second-order valence-corrected chi connectivity index (χ2v) is 13.9. The number of carboxylic acid groups (broad SMARTS) is 2. The van der Waals surface area contributed by atoms with Crippen molar-refractivity contribution in [1.29, 1.82) is 0 Å². The number of aliphatic hydroxyl groups is 4. The highest BCUT2D eigenvalue weighted by Crippen LogP contribution is 2.48. The van der Waals surface area contributed by atoms with Gasteiger partial charge in [-0.3, -0.25) is 9.59 Å². The van der Waals surface area contributed by atoms with Crippen molar-refractivity contribution >= 4 is 50.7 Å². The van der Waals surface area contributed by atoms with Gasteiger partial charge in [-0.2, -0.15) is 0 Å². The summed E-state index contributed by atoms with van der Waals surface area (Å²) in [5.74, 6) is -3.92. The Hall–Kier alpha value is -2.68. The number of ether oxygens (including phenoxy) is 2. The van der Waals surface area contributed by atoms with Crippen LogP contribution in [0.3, 0.4) is 0 Å². The molecule has 2 heterocycles. The topological polar surface area (TPSA) is 191 Å². The normalized spacial score (nSPS) is 30.5. The molecule has 6 N–H and O–H groups in total. The summed E-state index contributed by atoms with van der Waals surface area (Å²) in [6, 6.07) is 7.77. The van der Waals surface area contributed by atoms with Crippen LogP contribution < -0.4 is 0 Å². The molecule has 2 unspecified atom stereocenters. The molecule has 0 amide bonds. The predicted octanol–water partition coefficient (Wildman–Crippen LogP) is 3.72. The maximum Gasteiger partial charge on any atom is 0.335 e. The Kier molecular flexibility index (Phi) is 12.2. The molecule has 2 aliphatic rings. The minimum atomic E-state index is -1.90. The van der Waals surface area contributed by atoms with Crippen LogP contribution in [0.2, 0.25) is 5.02 Å². The van der Waals surface area contributed by atoms with E-state index in [4.69, 9.17) is 26.2 Å². The number of aliphatic carboxylic acids is 2. The zero-order valence-electron chi connectivity index (χ0n) is 25.6. The number of rotatable bonds is 14. The number of unbranched alkanes of at least 4 members (excludes halogenated alkanes) is 1. The third-order valence-electron chi connectivity index (χ3n) is 8.73. The fraction of sp³-hybridized carbons (Fsp3) is 0.545. The summed E-state index contributed by atoms with van der Waals surface area (Å²) >= 11 is 8.13. The van der Waals surface area contributed by atoms with E-state index in [9.17, 15) is 39.9 Å². The lowest BCUT2D eigenvalue weighted by molar-refractivity contribution is -0.311. The van der Waals surface area contributed by atoms with E-state index in [1.54, 1.807) is 43.4 Å². The number of fused-ring (bicyclic) bond motifs is 1. The fourth-order valence-electron chi connectivity index (χ4n) is 6.14. The molecular formula is C33H41ClO11S. The van der Waals surface area contributed by atoms with E-state index >= 15 is 0 Å². The first-order chi connectivity index (χ1) is 21.7. The number of aryl methyl sites for hydroxylation is 1. The van der Waals surface area contributed by atoms with Gasteiger partial charge in [0.15, 0.2) is 12.4 Å². The van der Waals surface area contributed by atoms with E-state index in [2.05, 4.69) is 0 Å². The molecule has 2 aromatic rings. The molecule has 1 aromatic carbocycles. The smallest absolute Gasteiger partial charge is 0.335 e. The Labute approximate surface area is 275 Å². The first-order valence-corrected chi connectivity index (χ1v) is 16.4. The SMILES string of the molecule is CC1(C)C(=O)[C@H](C/C=C\CCCC(=O)O)[C@@H](/C=C/C(O)CCc2sc3ccccc3c2Cl)[C@@H]1OC1O[C@H](C(=O)O)[C@@H](O)[C@H](O)[C@H]1O. The number of hydrogen-bond donors (Lipinski definition) is 6. The first-order valence-electron chi connectivity index (χ1n) is 15.2. The summed E-state index contributed by atoms with van der Waals surface area (Å²) in [7, 11) is 0. The lowest BCUT2D eigenvalue weighted by Crippen LogP contribution is -2.61. The van der Waals surface area contributed by atoms with E-state index in [0.717, 1.165) is 15.0 Å². The molecule has 9 atom stereocenters. The van der Waals surface area contributed by atoms with Gasteiger partial charge in [-0.15, -0.1) is 11.3 Å². The summed E-state index contributed by atoms with van der Waals surface area (Å²) in [5.41, 5.74) is -1.16. The standard InChI is InChI=1S/C33H41ClO11S/c1-33(2)29(41)18(9-5-3-4-6-12-23(36)37)19(30(33)45-32-27(40)25(38)26(39)28(44-32)31(42)43)15-13-17(35)14-16-22-24(34)20-10-7-8-11-21(20)46-22/h3,5,7-8,10-11,13,15,17-19,25-28,30,32,35,38-40H,4,6,9,12,14,16H2,1-2H3,(H,36,37)(H,42,43)/b5-3-,15-13+/t17?,18-,19-,25+,26+,27-,28+,30+,32?/m1/s1. The molecule has 1 saturated carbocycles. The molecule has 11 nitrogen and oxygen atoms in total. The number of carboxylic acids is 2. The van der Waals surface area contributed by atoms with Gasteiger partial charge in [0.05, 0.1) is 22.6 Å². The van der Waals surface area contributed by atoms with Gasteiger partial charge in [0.2, 0.25) is 0 Å². The van der Waals surface area contributed by atoms with Crippen LogP contribution in [0.5, 0.6) is 0 Å². The van der Waals surface area contributed by atoms with Crippen molar-refractivity contribution < 1.29 is 54.5 Å². The van der Waals surface area contributed by atoms with Crippen LogP contribution in [0.1, 0.15) is 50.8 Å². The van der Waals surface area contributed by atoms with Crippen molar-refractivity contribution in [3.05, 3.63) is 58.5 Å². The second kappa shape index (κ2) is 15.5. The van der Waals surface area contributed by atoms with Crippen LogP contribution in [0, 0.1) is 17.3 Å². The Balaban J connectivity index is 1.54. The molecule has 0 radical (unpaired) electrons. The summed E-state index contributed by atoms with van der Waals surface area (Å²) in [6.45, 7) is 3.32. The molecule has 1 aliphatic carbocycles. The number of hydrogen-bond acceptors (Lipinski definition) is 10. The van der Waals surface area contributed by atoms with E-state index in [1.165, 1.54) is 0 Å². The number of ketones is 1. The van der Waals surface area contributed by atoms with Crippen molar-refractivity contribution in [2.24, 2.45) is 17.3 Å². The van der Waals surface area contributed by atoms with Crippen molar-refractivity contribution in [3.63, 3.8) is 0 Å². The van der Waals surface area contributed by atoms with E-state index in [1.807, 2.05) is 30.3 Å². The molecule has 0 bridgehead atoms. The molecule has 0 spiro atoms. The molecule has 46 heavy (non-hydrogen) atoms. The highest BCUT2D eigenvalue weighted by atomic mass is 35.5. The maximum absolute atomic E-state index is 13.8. The maximum atomic E-state index is 13.8. The van der Waals surface area contributed by atoms with Gasteiger partial charge in [-0.1, -0.05) is 68.0 Å². The number of halogens is 1. The van der Waals surface area contributed by atoms with Gasteiger partial charge >= 0.3 is 11.9 Å². The third kappa shape index (κ3) is 8.06. The quantitative estimate of drug-likeness (QED) is 0.126. The molecule has 1 aliphatic heterocycles. The van der Waals surface area contributed by atoms with Crippen LogP contribution in [-0.4, -0.2) is 91.3 Å². The largest absolute Gasteiger partial charge is 0.481 e. The van der Waals surface area contributed by atoms with Gasteiger partial charge in [0.25, 0.3) is 0 Å². The van der Waals surface area contributed by atoms with Crippen LogP contribution in [0.15, 0.2) is 48.6 Å². The average Bonchev–Trinajstić information content (AvgIpc) is 3.42. The molecule has 252 valence electrons. The van der Waals surface area contributed by atoms with Gasteiger partial charge in [0, 0.05) is 33.2 Å². The highest BCUT2D eigenvalue weighted by molar-refractivity contribution is 7.19. The third-order valence-corrected chi connectivity index (χ3v) is 10.5. The first kappa shape index (κ1) is 36.2. The molecule has 2 fully saturated rings. The summed E-state index contributed by atoms with van der Waals surface area (Å²) in [6.07, 6.45) is -1.99. The van der Waals surface area contributed by atoms with Crippen LogP contribution >= 0.6 is 22.9 Å². The zero-order valence-corrected chi connectivity index (χ0v) is 27.1. The van der Waals surface area contributed by atoms with Gasteiger partial charge < -0.3 is 40.1 Å². The minimum Gasteiger partial charge on any atom is -0.481 e. The fourth-order valence-corrected chi connectivity index (χ4v) is 7.69. The van der Waals surface area contributed by atoms with E-state index < -0.39 is 72.1 Å². The Morgan fingerprint density at radius 2 is 1.83 bits per heavy atom. The number of thiophene rings is 1. The Morgan fingerprint density at radius 3 is 2.50 bits per heavy atom. The van der Waals surface area contributed by atoms with Crippen molar-refractivity contribution in [2.75, 3.05) is 0 Å². The van der Waals surface area contributed by atoms with Gasteiger partial charge in [0.1, 0.15) is 24.1 Å². The number of carbonyl (C=O) groups excluding carboxylic acids is 1. The molecular weight excluding hydrogens is 640 g/mol. The number of carbonyl (C=O) groups is 3. The lowest BCUT2D eigenvalue weighted by Gasteiger charge is -2.41. The summed E-state index contributed by atoms with van der Waals surface area (Å²) in [5, 5.41) is 62.0.